The molecule has 4 rings (SSSR count). The Morgan fingerprint density at radius 3 is 2.60 bits per heavy atom. The second-order valence-corrected chi connectivity index (χ2v) is 10.9. The maximum Gasteiger partial charge on any atom is 0.341 e. The lowest BCUT2D eigenvalue weighted by Gasteiger charge is -2.15. The molecule has 0 saturated heterocycles. The first-order valence-corrected chi connectivity index (χ1v) is 14.1. The first-order chi connectivity index (χ1) is 19.3. The third-order valence-electron chi connectivity index (χ3n) is 6.27. The van der Waals surface area contributed by atoms with Crippen molar-refractivity contribution in [3.05, 3.63) is 91.8 Å². The number of ether oxygens (including phenoxy) is 3. The van der Waals surface area contributed by atoms with Crippen molar-refractivity contribution in [1.82, 2.24) is 0 Å². The summed E-state index contributed by atoms with van der Waals surface area (Å²) in [5.74, 6) is -0.220. The topological polar surface area (TPSA) is 97.7 Å². The van der Waals surface area contributed by atoms with Crippen LogP contribution < -0.4 is 14.8 Å². The van der Waals surface area contributed by atoms with Crippen LogP contribution in [-0.4, -0.2) is 25.6 Å². The van der Waals surface area contributed by atoms with E-state index in [4.69, 9.17) is 14.2 Å². The number of esters is 1. The van der Waals surface area contributed by atoms with Crippen molar-refractivity contribution in [2.24, 2.45) is 0 Å². The van der Waals surface area contributed by atoms with Crippen molar-refractivity contribution < 1.29 is 23.8 Å². The first kappa shape index (κ1) is 28.9. The molecule has 0 radical (unpaired) electrons. The first-order valence-electron chi connectivity index (χ1n) is 12.4. The standard InChI is InChI=1S/C31H27BrN2O5S/c1-5-38-31(36)27-18(2)19(3)40-30(27)34-29(35)23(16-33)13-20-14-25(32)28(26(15-20)37-4)39-17-22-11-8-10-21-9-6-7-12-24(21)22/h6-15H,5,17H2,1-4H3,(H,34,35)/b23-13+. The van der Waals surface area contributed by atoms with E-state index in [1.165, 1.54) is 24.5 Å². The number of carbonyl (C=O) groups is 2. The van der Waals surface area contributed by atoms with Gasteiger partial charge < -0.3 is 19.5 Å². The molecule has 9 heteroatoms. The van der Waals surface area contributed by atoms with Crippen LogP contribution in [0.4, 0.5) is 5.00 Å². The third-order valence-corrected chi connectivity index (χ3v) is 7.98. The second-order valence-electron chi connectivity index (χ2n) is 8.79. The summed E-state index contributed by atoms with van der Waals surface area (Å²) in [6.07, 6.45) is 1.45. The second kappa shape index (κ2) is 12.8. The lowest BCUT2D eigenvalue weighted by atomic mass is 10.1. The van der Waals surface area contributed by atoms with Crippen molar-refractivity contribution in [3.63, 3.8) is 0 Å². The Labute approximate surface area is 245 Å². The number of aryl methyl sites for hydroxylation is 1. The van der Waals surface area contributed by atoms with Crippen LogP contribution in [0.1, 0.15) is 38.8 Å². The molecule has 0 aliphatic carbocycles. The van der Waals surface area contributed by atoms with Crippen LogP contribution in [0.25, 0.3) is 16.8 Å². The number of carbonyl (C=O) groups excluding carboxylic acids is 2. The maximum atomic E-state index is 13.1. The van der Waals surface area contributed by atoms with Crippen molar-refractivity contribution in [1.29, 1.82) is 5.26 Å². The van der Waals surface area contributed by atoms with Crippen molar-refractivity contribution in [2.45, 2.75) is 27.4 Å². The van der Waals surface area contributed by atoms with Crippen LogP contribution in [0, 0.1) is 25.2 Å². The number of hydrogen-bond donors (Lipinski definition) is 1. The molecule has 1 N–H and O–H groups in total. The SMILES string of the molecule is CCOC(=O)c1c(NC(=O)/C(C#N)=C/c2cc(Br)c(OCc3cccc4ccccc34)c(OC)c2)sc(C)c1C. The van der Waals surface area contributed by atoms with Crippen LogP contribution in [0.3, 0.4) is 0 Å². The molecule has 0 aliphatic rings. The normalized spacial score (nSPS) is 11.2. The number of benzene rings is 3. The number of anilines is 1. The number of fused-ring (bicyclic) bond motifs is 1. The highest BCUT2D eigenvalue weighted by Crippen LogP contribution is 2.38. The Bertz CT molecular complexity index is 1660. The lowest BCUT2D eigenvalue weighted by molar-refractivity contribution is -0.112. The predicted molar refractivity (Wildman–Crippen MR) is 161 cm³/mol. The fourth-order valence-electron chi connectivity index (χ4n) is 4.18. The van der Waals surface area contributed by atoms with E-state index in [-0.39, 0.29) is 12.2 Å². The van der Waals surface area contributed by atoms with Crippen LogP contribution in [-0.2, 0) is 16.1 Å². The molecule has 40 heavy (non-hydrogen) atoms. The minimum atomic E-state index is -0.638. The Hall–Kier alpha value is -4.13. The molecule has 204 valence electrons. The molecule has 0 spiro atoms. The van der Waals surface area contributed by atoms with Gasteiger partial charge in [-0.05, 0) is 82.4 Å². The van der Waals surface area contributed by atoms with Gasteiger partial charge in [0, 0.05) is 4.88 Å². The maximum absolute atomic E-state index is 13.1. The zero-order chi connectivity index (χ0) is 28.8. The fourth-order valence-corrected chi connectivity index (χ4v) is 5.80. The molecule has 0 aliphatic heterocycles. The van der Waals surface area contributed by atoms with Crippen LogP contribution in [0.2, 0.25) is 0 Å². The average molecular weight is 620 g/mol. The van der Waals surface area contributed by atoms with Crippen LogP contribution >= 0.6 is 27.3 Å². The van der Waals surface area contributed by atoms with E-state index in [0.29, 0.717) is 38.7 Å². The molecule has 3 aromatic carbocycles. The van der Waals surface area contributed by atoms with Gasteiger partial charge in [0.25, 0.3) is 5.91 Å². The van der Waals surface area contributed by atoms with Gasteiger partial charge in [-0.1, -0.05) is 42.5 Å². The van der Waals surface area contributed by atoms with E-state index in [9.17, 15) is 14.9 Å². The lowest BCUT2D eigenvalue weighted by Crippen LogP contribution is -2.16. The molecule has 0 fully saturated rings. The highest BCUT2D eigenvalue weighted by Gasteiger charge is 2.23. The van der Waals surface area contributed by atoms with Gasteiger partial charge in [0.2, 0.25) is 0 Å². The Morgan fingerprint density at radius 1 is 1.12 bits per heavy atom. The molecule has 0 saturated carbocycles. The molecule has 0 unspecified atom stereocenters. The van der Waals surface area contributed by atoms with E-state index >= 15 is 0 Å². The highest BCUT2D eigenvalue weighted by atomic mass is 79.9. The summed E-state index contributed by atoms with van der Waals surface area (Å²) < 4.78 is 17.5. The molecular weight excluding hydrogens is 592 g/mol. The summed E-state index contributed by atoms with van der Waals surface area (Å²) in [6.45, 7) is 5.89. The zero-order valence-corrected chi connectivity index (χ0v) is 24.9. The molecule has 1 aromatic heterocycles. The van der Waals surface area contributed by atoms with E-state index < -0.39 is 11.9 Å². The molecule has 0 atom stereocenters. The molecular formula is C31H27BrN2O5S. The summed E-state index contributed by atoms with van der Waals surface area (Å²) in [7, 11) is 1.52. The largest absolute Gasteiger partial charge is 0.493 e. The number of amides is 1. The van der Waals surface area contributed by atoms with Gasteiger partial charge in [0.1, 0.15) is 23.3 Å². The molecule has 7 nitrogen and oxygen atoms in total. The minimum absolute atomic E-state index is 0.142. The quantitative estimate of drug-likeness (QED) is 0.118. The van der Waals surface area contributed by atoms with E-state index in [2.05, 4.69) is 39.4 Å². The van der Waals surface area contributed by atoms with Crippen LogP contribution in [0.15, 0.2) is 64.6 Å². The molecule has 1 amide bonds. The van der Waals surface area contributed by atoms with E-state index in [1.807, 2.05) is 37.3 Å². The van der Waals surface area contributed by atoms with Crippen molar-refractivity contribution in [3.8, 4) is 17.6 Å². The number of nitriles is 1. The van der Waals surface area contributed by atoms with Gasteiger partial charge in [0.15, 0.2) is 11.5 Å². The Morgan fingerprint density at radius 2 is 1.88 bits per heavy atom. The number of hydrogen-bond acceptors (Lipinski definition) is 7. The smallest absolute Gasteiger partial charge is 0.341 e. The average Bonchev–Trinajstić information content (AvgIpc) is 3.22. The summed E-state index contributed by atoms with van der Waals surface area (Å²) in [5.41, 5.74) is 2.47. The number of nitrogens with zero attached hydrogens (tertiary/aromatic N) is 1. The fraction of sp³-hybridized carbons (Fsp3) is 0.194. The summed E-state index contributed by atoms with van der Waals surface area (Å²) in [4.78, 5) is 26.4. The van der Waals surface area contributed by atoms with Gasteiger partial charge in [-0.3, -0.25) is 4.79 Å². The highest BCUT2D eigenvalue weighted by molar-refractivity contribution is 9.10. The van der Waals surface area contributed by atoms with Gasteiger partial charge in [0.05, 0.1) is 23.8 Å². The van der Waals surface area contributed by atoms with Crippen molar-refractivity contribution in [2.75, 3.05) is 19.0 Å². The van der Waals surface area contributed by atoms with Gasteiger partial charge in [-0.15, -0.1) is 11.3 Å². The monoisotopic (exact) mass is 618 g/mol. The summed E-state index contributed by atoms with van der Waals surface area (Å²) in [6, 6.07) is 19.5. The zero-order valence-electron chi connectivity index (χ0n) is 22.5. The number of rotatable bonds is 9. The molecule has 1 heterocycles. The number of thiophene rings is 1. The van der Waals surface area contributed by atoms with Gasteiger partial charge in [-0.2, -0.15) is 5.26 Å². The molecule has 4 aromatic rings. The van der Waals surface area contributed by atoms with Gasteiger partial charge in [-0.25, -0.2) is 4.79 Å². The number of methoxy groups -OCH3 is 1. The Balaban J connectivity index is 1.58. The predicted octanol–water partition coefficient (Wildman–Crippen LogP) is 7.59. The Kier molecular flexibility index (Phi) is 9.25. The minimum Gasteiger partial charge on any atom is -0.493 e. The van der Waals surface area contributed by atoms with Crippen molar-refractivity contribution >= 4 is 61.0 Å². The van der Waals surface area contributed by atoms with Crippen LogP contribution in [0.5, 0.6) is 11.5 Å². The summed E-state index contributed by atoms with van der Waals surface area (Å²) in [5, 5.41) is 15.1. The number of nitrogens with one attached hydrogen (secondary N) is 1. The summed E-state index contributed by atoms with van der Waals surface area (Å²) >= 11 is 4.81. The van der Waals surface area contributed by atoms with Gasteiger partial charge >= 0.3 is 5.97 Å². The molecule has 0 bridgehead atoms. The number of halogens is 1. The van der Waals surface area contributed by atoms with E-state index in [0.717, 1.165) is 26.8 Å². The van der Waals surface area contributed by atoms with E-state index in [1.54, 1.807) is 26.0 Å². The third kappa shape index (κ3) is 6.19.